The number of rotatable bonds is 6. The molecule has 0 heterocycles. The zero-order valence-electron chi connectivity index (χ0n) is 12.6. The molecule has 1 aromatic rings. The second kappa shape index (κ2) is 7.26. The fourth-order valence-electron chi connectivity index (χ4n) is 1.52. The van der Waals surface area contributed by atoms with E-state index >= 15 is 0 Å². The lowest BCUT2D eigenvalue weighted by atomic mass is 10.1. The molecule has 0 aliphatic carbocycles. The Bertz CT molecular complexity index is 429. The molecule has 0 aliphatic heterocycles. The van der Waals surface area contributed by atoms with Gasteiger partial charge < -0.3 is 20.5 Å². The number of urea groups is 1. The van der Waals surface area contributed by atoms with Gasteiger partial charge in [0.15, 0.2) is 0 Å². The van der Waals surface area contributed by atoms with Gasteiger partial charge >= 0.3 is 6.03 Å². The Balaban J connectivity index is 2.35. The van der Waals surface area contributed by atoms with Gasteiger partial charge in [0.25, 0.3) is 0 Å². The molecule has 0 aromatic heterocycles. The van der Waals surface area contributed by atoms with Crippen molar-refractivity contribution in [1.82, 2.24) is 10.6 Å². The summed E-state index contributed by atoms with van der Waals surface area (Å²) in [7, 11) is 1.60. The third-order valence-corrected chi connectivity index (χ3v) is 3.15. The van der Waals surface area contributed by atoms with E-state index in [0.29, 0.717) is 6.54 Å². The summed E-state index contributed by atoms with van der Waals surface area (Å²) >= 11 is 0. The van der Waals surface area contributed by atoms with Crippen molar-refractivity contribution < 1.29 is 14.6 Å². The lowest BCUT2D eigenvalue weighted by Crippen LogP contribution is -2.45. The number of nitrogens with one attached hydrogen (secondary N) is 2. The van der Waals surface area contributed by atoms with E-state index in [4.69, 9.17) is 4.74 Å². The molecule has 0 radical (unpaired) electrons. The van der Waals surface area contributed by atoms with Gasteiger partial charge in [-0.05, 0) is 26.3 Å². The molecule has 2 amide bonds. The van der Waals surface area contributed by atoms with Crippen LogP contribution in [0.5, 0.6) is 0 Å². The molecule has 0 aliphatic rings. The van der Waals surface area contributed by atoms with Gasteiger partial charge in [-0.2, -0.15) is 0 Å². The standard InChI is InChI=1S/C15H24N2O3/c1-11-5-7-12(8-6-11)13(18)9-16-14(19)17-10-15(2,3)20-4/h5-8,13,18H,9-10H2,1-4H3,(H2,16,17,19). The van der Waals surface area contributed by atoms with Crippen molar-refractivity contribution in [3.63, 3.8) is 0 Å². The third kappa shape index (κ3) is 5.59. The van der Waals surface area contributed by atoms with Crippen molar-refractivity contribution in [1.29, 1.82) is 0 Å². The second-order valence-electron chi connectivity index (χ2n) is 5.45. The maximum atomic E-state index is 11.6. The highest BCUT2D eigenvalue weighted by Crippen LogP contribution is 2.12. The van der Waals surface area contributed by atoms with Crippen LogP contribution in [0.15, 0.2) is 24.3 Å². The number of aliphatic hydroxyl groups excluding tert-OH is 1. The number of aryl methyl sites for hydroxylation is 1. The van der Waals surface area contributed by atoms with Crippen LogP contribution in [0.25, 0.3) is 0 Å². The van der Waals surface area contributed by atoms with Crippen LogP contribution >= 0.6 is 0 Å². The fourth-order valence-corrected chi connectivity index (χ4v) is 1.52. The van der Waals surface area contributed by atoms with Gasteiger partial charge in [-0.3, -0.25) is 0 Å². The number of hydrogen-bond acceptors (Lipinski definition) is 3. The molecule has 0 fully saturated rings. The highest BCUT2D eigenvalue weighted by molar-refractivity contribution is 5.73. The third-order valence-electron chi connectivity index (χ3n) is 3.15. The van der Waals surface area contributed by atoms with Crippen LogP contribution in [0.2, 0.25) is 0 Å². The minimum absolute atomic E-state index is 0.169. The molecule has 20 heavy (non-hydrogen) atoms. The minimum atomic E-state index is -0.711. The van der Waals surface area contributed by atoms with Crippen molar-refractivity contribution in [2.75, 3.05) is 20.2 Å². The Morgan fingerprint density at radius 2 is 1.90 bits per heavy atom. The summed E-state index contributed by atoms with van der Waals surface area (Å²) in [6.07, 6.45) is -0.711. The molecule has 1 unspecified atom stereocenters. The maximum Gasteiger partial charge on any atom is 0.314 e. The van der Waals surface area contributed by atoms with Crippen molar-refractivity contribution in [2.24, 2.45) is 0 Å². The first kappa shape index (κ1) is 16.5. The minimum Gasteiger partial charge on any atom is -0.387 e. The lowest BCUT2D eigenvalue weighted by molar-refractivity contribution is 0.0253. The molecule has 112 valence electrons. The number of carbonyl (C=O) groups is 1. The van der Waals surface area contributed by atoms with E-state index in [9.17, 15) is 9.90 Å². The Morgan fingerprint density at radius 3 is 2.45 bits per heavy atom. The summed E-state index contributed by atoms with van der Waals surface area (Å²) in [5, 5.41) is 15.3. The Morgan fingerprint density at radius 1 is 1.30 bits per heavy atom. The van der Waals surface area contributed by atoms with Crippen LogP contribution in [-0.4, -0.2) is 36.9 Å². The van der Waals surface area contributed by atoms with Gasteiger partial charge in [-0.1, -0.05) is 29.8 Å². The van der Waals surface area contributed by atoms with Crippen LogP contribution < -0.4 is 10.6 Å². The molecule has 1 atom stereocenters. The van der Waals surface area contributed by atoms with Crippen molar-refractivity contribution in [3.8, 4) is 0 Å². The van der Waals surface area contributed by atoms with Crippen molar-refractivity contribution in [3.05, 3.63) is 35.4 Å². The van der Waals surface area contributed by atoms with Gasteiger partial charge in [0.1, 0.15) is 0 Å². The molecular weight excluding hydrogens is 256 g/mol. The molecule has 0 spiro atoms. The number of carbonyl (C=O) groups excluding carboxylic acids is 1. The summed E-state index contributed by atoms with van der Waals surface area (Å²) in [5.41, 5.74) is 1.51. The largest absolute Gasteiger partial charge is 0.387 e. The summed E-state index contributed by atoms with van der Waals surface area (Å²) in [4.78, 5) is 11.6. The number of aliphatic hydroxyl groups is 1. The quantitative estimate of drug-likeness (QED) is 0.743. The van der Waals surface area contributed by atoms with Crippen LogP contribution in [0.4, 0.5) is 4.79 Å². The Labute approximate surface area is 120 Å². The molecule has 0 saturated carbocycles. The molecule has 0 saturated heterocycles. The molecular formula is C15H24N2O3. The Hall–Kier alpha value is -1.59. The van der Waals surface area contributed by atoms with Crippen LogP contribution in [-0.2, 0) is 4.74 Å². The Kier molecular flexibility index (Phi) is 5.98. The van der Waals surface area contributed by atoms with Crippen LogP contribution in [0, 0.1) is 6.92 Å². The average molecular weight is 280 g/mol. The second-order valence-corrected chi connectivity index (χ2v) is 5.45. The van der Waals surface area contributed by atoms with E-state index in [-0.39, 0.29) is 12.6 Å². The average Bonchev–Trinajstić information content (AvgIpc) is 2.43. The van der Waals surface area contributed by atoms with Crippen molar-refractivity contribution >= 4 is 6.03 Å². The first-order valence-electron chi connectivity index (χ1n) is 6.65. The molecule has 3 N–H and O–H groups in total. The molecule has 5 nitrogen and oxygen atoms in total. The zero-order valence-corrected chi connectivity index (χ0v) is 12.6. The van der Waals surface area contributed by atoms with Gasteiger partial charge in [0, 0.05) is 20.2 Å². The van der Waals surface area contributed by atoms with E-state index in [1.807, 2.05) is 45.0 Å². The number of amides is 2. The van der Waals surface area contributed by atoms with Crippen LogP contribution in [0.1, 0.15) is 31.1 Å². The van der Waals surface area contributed by atoms with E-state index < -0.39 is 11.7 Å². The maximum absolute atomic E-state index is 11.6. The van der Waals surface area contributed by atoms with E-state index in [1.54, 1.807) is 7.11 Å². The van der Waals surface area contributed by atoms with E-state index in [0.717, 1.165) is 11.1 Å². The van der Waals surface area contributed by atoms with E-state index in [1.165, 1.54) is 0 Å². The lowest BCUT2D eigenvalue weighted by Gasteiger charge is -2.23. The molecule has 0 bridgehead atoms. The van der Waals surface area contributed by atoms with Gasteiger partial charge in [-0.15, -0.1) is 0 Å². The molecule has 5 heteroatoms. The normalized spacial score (nSPS) is 12.8. The van der Waals surface area contributed by atoms with Crippen molar-refractivity contribution in [2.45, 2.75) is 32.5 Å². The smallest absolute Gasteiger partial charge is 0.314 e. The first-order valence-corrected chi connectivity index (χ1v) is 6.65. The summed E-state index contributed by atoms with van der Waals surface area (Å²) in [6.45, 7) is 6.32. The zero-order chi connectivity index (χ0) is 15.2. The van der Waals surface area contributed by atoms with E-state index in [2.05, 4.69) is 10.6 Å². The summed E-state index contributed by atoms with van der Waals surface area (Å²) < 4.78 is 5.20. The first-order chi connectivity index (χ1) is 9.34. The van der Waals surface area contributed by atoms with Gasteiger partial charge in [0.05, 0.1) is 11.7 Å². The van der Waals surface area contributed by atoms with Gasteiger partial charge in [0.2, 0.25) is 0 Å². The highest BCUT2D eigenvalue weighted by Gasteiger charge is 2.17. The highest BCUT2D eigenvalue weighted by atomic mass is 16.5. The SMILES string of the molecule is COC(C)(C)CNC(=O)NCC(O)c1ccc(C)cc1. The number of hydrogen-bond donors (Lipinski definition) is 3. The van der Waals surface area contributed by atoms with Gasteiger partial charge in [-0.25, -0.2) is 4.79 Å². The molecule has 1 aromatic carbocycles. The topological polar surface area (TPSA) is 70.6 Å². The predicted molar refractivity (Wildman–Crippen MR) is 78.6 cm³/mol. The number of methoxy groups -OCH3 is 1. The fraction of sp³-hybridized carbons (Fsp3) is 0.533. The summed E-state index contributed by atoms with van der Waals surface area (Å²) in [5.74, 6) is 0. The number of ether oxygens (including phenoxy) is 1. The molecule has 1 rings (SSSR count). The summed E-state index contributed by atoms with van der Waals surface area (Å²) in [6, 6.07) is 7.25. The number of benzene rings is 1. The van der Waals surface area contributed by atoms with Crippen LogP contribution in [0.3, 0.4) is 0 Å². The monoisotopic (exact) mass is 280 g/mol. The predicted octanol–water partition coefficient (Wildman–Crippen LogP) is 1.75.